The quantitative estimate of drug-likeness (QED) is 0.600. The minimum Gasteiger partial charge on any atom is -0.396 e. The summed E-state index contributed by atoms with van der Waals surface area (Å²) in [7, 11) is 0. The van der Waals surface area contributed by atoms with E-state index in [-0.39, 0.29) is 0 Å². The number of nitrogens with two attached hydrogens (primary N) is 2. The van der Waals surface area contributed by atoms with Crippen molar-refractivity contribution in [2.24, 2.45) is 5.73 Å². The summed E-state index contributed by atoms with van der Waals surface area (Å²) >= 11 is 3.25. The number of halogens is 1. The molecule has 6 nitrogen and oxygen atoms in total. The normalized spacial score (nSPS) is 9.67. The minimum absolute atomic E-state index is 0.423. The van der Waals surface area contributed by atoms with E-state index in [9.17, 15) is 4.79 Å². The summed E-state index contributed by atoms with van der Waals surface area (Å²) in [6.07, 6.45) is 1.64. The Morgan fingerprint density at radius 3 is 2.87 bits per heavy atom. The molecule has 0 atom stereocenters. The molecule has 0 aliphatic heterocycles. The summed E-state index contributed by atoms with van der Waals surface area (Å²) in [5, 5.41) is 5.41. The Hall–Kier alpha value is -1.50. The highest BCUT2D eigenvalue weighted by molar-refractivity contribution is 9.10. The van der Waals surface area contributed by atoms with E-state index in [1.165, 1.54) is 0 Å². The fourth-order valence-corrected chi connectivity index (χ4v) is 1.32. The zero-order valence-electron chi connectivity index (χ0n) is 7.96. The summed E-state index contributed by atoms with van der Waals surface area (Å²) in [5.41, 5.74) is 11.1. The molecule has 0 bridgehead atoms. The maximum atomic E-state index is 10.4. The minimum atomic E-state index is -0.548. The molecule has 0 spiro atoms. The van der Waals surface area contributed by atoms with Gasteiger partial charge in [-0.3, -0.25) is 0 Å². The molecular formula is C8H12BrN5O. The molecule has 82 valence electrons. The van der Waals surface area contributed by atoms with Crippen LogP contribution in [0.1, 0.15) is 0 Å². The average Bonchev–Trinajstić information content (AvgIpc) is 2.14. The number of nitrogens with one attached hydrogen (secondary N) is 2. The van der Waals surface area contributed by atoms with Gasteiger partial charge in [-0.05, 0) is 22.0 Å². The van der Waals surface area contributed by atoms with Gasteiger partial charge in [0.25, 0.3) is 0 Å². The number of nitrogens with zero attached hydrogens (tertiary/aromatic N) is 1. The Kier molecular flexibility index (Phi) is 4.17. The van der Waals surface area contributed by atoms with Crippen molar-refractivity contribution >= 4 is 33.5 Å². The third-order valence-electron chi connectivity index (χ3n) is 1.60. The van der Waals surface area contributed by atoms with Gasteiger partial charge in [0.15, 0.2) is 0 Å². The summed E-state index contributed by atoms with van der Waals surface area (Å²) in [5.74, 6) is 0.587. The monoisotopic (exact) mass is 273 g/mol. The van der Waals surface area contributed by atoms with E-state index in [4.69, 9.17) is 11.5 Å². The Bertz CT molecular complexity index is 357. The van der Waals surface area contributed by atoms with Crippen molar-refractivity contribution < 1.29 is 4.79 Å². The molecule has 0 saturated heterocycles. The lowest BCUT2D eigenvalue weighted by atomic mass is 10.4. The standard InChI is InChI=1S/C8H12BrN5O/c9-5-3-6(10)7(14-4-5)12-1-2-13-8(11)15/h3-4H,1-2,10H2,(H,12,14)(H3,11,13,15). The average molecular weight is 274 g/mol. The zero-order valence-corrected chi connectivity index (χ0v) is 9.54. The van der Waals surface area contributed by atoms with Gasteiger partial charge in [0, 0.05) is 23.8 Å². The number of primary amides is 1. The van der Waals surface area contributed by atoms with Crippen molar-refractivity contribution in [1.29, 1.82) is 0 Å². The van der Waals surface area contributed by atoms with Crippen LogP contribution in [0.2, 0.25) is 0 Å². The lowest BCUT2D eigenvalue weighted by molar-refractivity contribution is 0.249. The van der Waals surface area contributed by atoms with Crippen molar-refractivity contribution in [2.45, 2.75) is 0 Å². The predicted octanol–water partition coefficient (Wildman–Crippen LogP) is 0.507. The second-order valence-electron chi connectivity index (χ2n) is 2.81. The van der Waals surface area contributed by atoms with Crippen molar-refractivity contribution in [3.8, 4) is 0 Å². The summed E-state index contributed by atoms with van der Waals surface area (Å²) in [6.45, 7) is 0.939. The van der Waals surface area contributed by atoms with Crippen LogP contribution in [0, 0.1) is 0 Å². The van der Waals surface area contributed by atoms with E-state index in [1.807, 2.05) is 0 Å². The number of carbonyl (C=O) groups excluding carboxylic acids is 1. The molecule has 7 heteroatoms. The molecule has 0 aliphatic rings. The number of urea groups is 1. The number of hydrogen-bond acceptors (Lipinski definition) is 4. The van der Waals surface area contributed by atoms with Crippen molar-refractivity contribution in [3.63, 3.8) is 0 Å². The molecule has 1 aromatic rings. The van der Waals surface area contributed by atoms with Gasteiger partial charge in [0.2, 0.25) is 0 Å². The van der Waals surface area contributed by atoms with Crippen LogP contribution >= 0.6 is 15.9 Å². The molecule has 1 rings (SSSR count). The van der Waals surface area contributed by atoms with Gasteiger partial charge in [0.1, 0.15) is 5.82 Å². The van der Waals surface area contributed by atoms with E-state index < -0.39 is 6.03 Å². The number of pyridine rings is 1. The second-order valence-corrected chi connectivity index (χ2v) is 3.72. The van der Waals surface area contributed by atoms with Crippen LogP contribution in [0.25, 0.3) is 0 Å². The maximum Gasteiger partial charge on any atom is 0.312 e. The number of aromatic nitrogens is 1. The third kappa shape index (κ3) is 4.03. The first-order valence-electron chi connectivity index (χ1n) is 4.28. The van der Waals surface area contributed by atoms with Gasteiger partial charge in [-0.1, -0.05) is 0 Å². The number of rotatable bonds is 4. The lowest BCUT2D eigenvalue weighted by Gasteiger charge is -2.08. The highest BCUT2D eigenvalue weighted by Gasteiger charge is 2.00. The molecule has 0 unspecified atom stereocenters. The fraction of sp³-hybridized carbons (Fsp3) is 0.250. The molecule has 0 radical (unpaired) electrons. The Morgan fingerprint density at radius 1 is 1.53 bits per heavy atom. The van der Waals surface area contributed by atoms with Gasteiger partial charge >= 0.3 is 6.03 Å². The molecule has 0 saturated carbocycles. The predicted molar refractivity (Wildman–Crippen MR) is 62.4 cm³/mol. The summed E-state index contributed by atoms with van der Waals surface area (Å²) in [6, 6.07) is 1.20. The van der Waals surface area contributed by atoms with Gasteiger partial charge in [-0.15, -0.1) is 0 Å². The van der Waals surface area contributed by atoms with Crippen LogP contribution in [-0.4, -0.2) is 24.1 Å². The third-order valence-corrected chi connectivity index (χ3v) is 2.03. The van der Waals surface area contributed by atoms with Gasteiger partial charge in [0.05, 0.1) is 5.69 Å². The largest absolute Gasteiger partial charge is 0.396 e. The van der Waals surface area contributed by atoms with Crippen molar-refractivity contribution in [3.05, 3.63) is 16.7 Å². The van der Waals surface area contributed by atoms with Crippen LogP contribution in [0.15, 0.2) is 16.7 Å². The summed E-state index contributed by atoms with van der Waals surface area (Å²) in [4.78, 5) is 14.4. The number of hydrogen-bond donors (Lipinski definition) is 4. The molecule has 2 amide bonds. The zero-order chi connectivity index (χ0) is 11.3. The smallest absolute Gasteiger partial charge is 0.312 e. The fourth-order valence-electron chi connectivity index (χ4n) is 0.969. The Labute approximate surface area is 95.6 Å². The highest BCUT2D eigenvalue weighted by Crippen LogP contribution is 2.19. The number of carbonyl (C=O) groups is 1. The maximum absolute atomic E-state index is 10.4. The first-order chi connectivity index (χ1) is 7.09. The van der Waals surface area contributed by atoms with Gasteiger partial charge in [-0.2, -0.15) is 0 Å². The lowest BCUT2D eigenvalue weighted by Crippen LogP contribution is -2.33. The van der Waals surface area contributed by atoms with E-state index in [0.717, 1.165) is 4.47 Å². The number of nitrogen functional groups attached to an aromatic ring is 1. The first kappa shape index (κ1) is 11.6. The van der Waals surface area contributed by atoms with Crippen molar-refractivity contribution in [1.82, 2.24) is 10.3 Å². The molecule has 0 fully saturated rings. The van der Waals surface area contributed by atoms with Crippen LogP contribution < -0.4 is 22.1 Å². The summed E-state index contributed by atoms with van der Waals surface area (Å²) < 4.78 is 0.820. The van der Waals surface area contributed by atoms with Gasteiger partial charge in [-0.25, -0.2) is 9.78 Å². The molecule has 1 heterocycles. The van der Waals surface area contributed by atoms with E-state index in [0.29, 0.717) is 24.6 Å². The molecule has 15 heavy (non-hydrogen) atoms. The topological polar surface area (TPSA) is 106 Å². The van der Waals surface area contributed by atoms with Crippen LogP contribution in [-0.2, 0) is 0 Å². The van der Waals surface area contributed by atoms with Gasteiger partial charge < -0.3 is 22.1 Å². The van der Waals surface area contributed by atoms with Crippen LogP contribution in [0.5, 0.6) is 0 Å². The molecule has 0 aliphatic carbocycles. The van der Waals surface area contributed by atoms with Crippen LogP contribution in [0.4, 0.5) is 16.3 Å². The van der Waals surface area contributed by atoms with Crippen molar-refractivity contribution in [2.75, 3.05) is 24.1 Å². The Morgan fingerprint density at radius 2 is 2.27 bits per heavy atom. The van der Waals surface area contributed by atoms with Crippen LogP contribution in [0.3, 0.4) is 0 Å². The second kappa shape index (κ2) is 5.40. The van der Waals surface area contributed by atoms with E-state index in [1.54, 1.807) is 12.3 Å². The number of amides is 2. The van der Waals surface area contributed by atoms with E-state index in [2.05, 4.69) is 31.5 Å². The molecular weight excluding hydrogens is 262 g/mol. The first-order valence-corrected chi connectivity index (χ1v) is 5.07. The highest BCUT2D eigenvalue weighted by atomic mass is 79.9. The molecule has 1 aromatic heterocycles. The molecule has 6 N–H and O–H groups in total. The van der Waals surface area contributed by atoms with E-state index >= 15 is 0 Å². The number of anilines is 2. The molecule has 0 aromatic carbocycles. The SMILES string of the molecule is NC(=O)NCCNc1ncc(Br)cc1N. The Balaban J connectivity index is 2.40.